The van der Waals surface area contributed by atoms with E-state index < -0.39 is 5.41 Å². The van der Waals surface area contributed by atoms with Gasteiger partial charge in [-0.05, 0) is 50.6 Å². The predicted octanol–water partition coefficient (Wildman–Crippen LogP) is 5.44. The van der Waals surface area contributed by atoms with E-state index in [1.54, 1.807) is 18.4 Å². The molecule has 1 saturated heterocycles. The Balaban J connectivity index is 1.49. The molecular formula is C27H31ClN4O2S. The zero-order valence-electron chi connectivity index (χ0n) is 20.7. The van der Waals surface area contributed by atoms with Crippen LogP contribution in [-0.4, -0.2) is 64.3 Å². The van der Waals surface area contributed by atoms with Crippen molar-refractivity contribution in [3.63, 3.8) is 0 Å². The molecule has 2 aromatic heterocycles. The Morgan fingerprint density at radius 3 is 2.63 bits per heavy atom. The number of imidazole rings is 1. The first-order valence-electron chi connectivity index (χ1n) is 11.9. The van der Waals surface area contributed by atoms with E-state index in [-0.39, 0.29) is 5.91 Å². The first kappa shape index (κ1) is 24.1. The van der Waals surface area contributed by atoms with Crippen LogP contribution < -0.4 is 4.74 Å². The van der Waals surface area contributed by atoms with E-state index in [0.29, 0.717) is 19.0 Å². The number of halogens is 1. The van der Waals surface area contributed by atoms with Crippen LogP contribution in [0.25, 0.3) is 26.4 Å². The van der Waals surface area contributed by atoms with E-state index >= 15 is 0 Å². The SMILES string of the molecule is COc1cccc(-c2nc3sc4cc(C)ccc4n3c2CN2CCN(C(=O)C(C)(C)CCl)CC2)c1. The summed E-state index contributed by atoms with van der Waals surface area (Å²) in [5.41, 5.74) is 5.10. The van der Waals surface area contributed by atoms with Gasteiger partial charge in [-0.1, -0.05) is 29.5 Å². The summed E-state index contributed by atoms with van der Waals surface area (Å²) < 4.78 is 9.04. The van der Waals surface area contributed by atoms with Crippen LogP contribution in [-0.2, 0) is 11.3 Å². The molecule has 1 amide bonds. The molecule has 0 radical (unpaired) electrons. The molecule has 8 heteroatoms. The van der Waals surface area contributed by atoms with E-state index in [2.05, 4.69) is 40.5 Å². The van der Waals surface area contributed by atoms with Gasteiger partial charge >= 0.3 is 0 Å². The number of thiazole rings is 1. The molecule has 2 aromatic carbocycles. The van der Waals surface area contributed by atoms with Crippen molar-refractivity contribution in [2.75, 3.05) is 39.2 Å². The summed E-state index contributed by atoms with van der Waals surface area (Å²) >= 11 is 7.78. The van der Waals surface area contributed by atoms with Gasteiger partial charge in [-0.2, -0.15) is 0 Å². The molecule has 0 aliphatic carbocycles. The topological polar surface area (TPSA) is 50.1 Å². The molecule has 0 spiro atoms. The number of nitrogens with zero attached hydrogens (tertiary/aromatic N) is 4. The van der Waals surface area contributed by atoms with E-state index in [1.807, 2.05) is 36.9 Å². The number of methoxy groups -OCH3 is 1. The van der Waals surface area contributed by atoms with Gasteiger partial charge in [0.1, 0.15) is 5.75 Å². The van der Waals surface area contributed by atoms with Gasteiger partial charge in [0.25, 0.3) is 0 Å². The first-order chi connectivity index (χ1) is 16.8. The summed E-state index contributed by atoms with van der Waals surface area (Å²) in [6.07, 6.45) is 0. The molecule has 0 bridgehead atoms. The molecule has 1 aliphatic heterocycles. The maximum Gasteiger partial charge on any atom is 0.229 e. The summed E-state index contributed by atoms with van der Waals surface area (Å²) in [6.45, 7) is 9.76. The lowest BCUT2D eigenvalue weighted by atomic mass is 9.94. The summed E-state index contributed by atoms with van der Waals surface area (Å²) in [6, 6.07) is 14.7. The smallest absolute Gasteiger partial charge is 0.229 e. The van der Waals surface area contributed by atoms with Crippen LogP contribution in [0.2, 0.25) is 0 Å². The van der Waals surface area contributed by atoms with Gasteiger partial charge < -0.3 is 9.64 Å². The van der Waals surface area contributed by atoms with Crippen LogP contribution in [0, 0.1) is 12.3 Å². The molecule has 0 atom stereocenters. The molecule has 184 valence electrons. The van der Waals surface area contributed by atoms with Crippen molar-refractivity contribution in [2.24, 2.45) is 5.41 Å². The first-order valence-corrected chi connectivity index (χ1v) is 13.3. The number of ether oxygens (including phenoxy) is 1. The molecule has 6 nitrogen and oxygen atoms in total. The lowest BCUT2D eigenvalue weighted by Crippen LogP contribution is -2.52. The number of aromatic nitrogens is 2. The van der Waals surface area contributed by atoms with Crippen LogP contribution in [0.5, 0.6) is 5.75 Å². The van der Waals surface area contributed by atoms with Gasteiger partial charge in [0.15, 0.2) is 4.96 Å². The number of benzene rings is 2. The predicted molar refractivity (Wildman–Crippen MR) is 144 cm³/mol. The lowest BCUT2D eigenvalue weighted by Gasteiger charge is -2.38. The van der Waals surface area contributed by atoms with Crippen molar-refractivity contribution in [3.8, 4) is 17.0 Å². The van der Waals surface area contributed by atoms with Crippen LogP contribution in [0.4, 0.5) is 0 Å². The molecule has 4 aromatic rings. The number of carbonyl (C=O) groups excluding carboxylic acids is 1. The molecule has 1 fully saturated rings. The molecule has 0 saturated carbocycles. The molecule has 0 N–H and O–H groups in total. The Morgan fingerprint density at radius 2 is 1.91 bits per heavy atom. The van der Waals surface area contributed by atoms with Crippen molar-refractivity contribution in [2.45, 2.75) is 27.3 Å². The highest BCUT2D eigenvalue weighted by molar-refractivity contribution is 7.23. The van der Waals surface area contributed by atoms with Gasteiger partial charge in [-0.15, -0.1) is 11.6 Å². The van der Waals surface area contributed by atoms with Crippen molar-refractivity contribution < 1.29 is 9.53 Å². The standard InChI is InChI=1S/C27H31ClN4O2S/c1-18-8-9-21-23(14-18)35-26-29-24(19-6-5-7-20(15-19)34-4)22(32(21)26)16-30-10-12-31(13-11-30)25(33)27(2,3)17-28/h5-9,14-15H,10-13,16-17H2,1-4H3. The van der Waals surface area contributed by atoms with Gasteiger partial charge in [0.05, 0.1) is 34.1 Å². The number of carbonyl (C=O) groups is 1. The number of rotatable bonds is 6. The highest BCUT2D eigenvalue weighted by Gasteiger charge is 2.33. The summed E-state index contributed by atoms with van der Waals surface area (Å²) in [5.74, 6) is 1.28. The number of hydrogen-bond donors (Lipinski definition) is 0. The van der Waals surface area contributed by atoms with E-state index in [0.717, 1.165) is 41.6 Å². The third-order valence-corrected chi connectivity index (χ3v) is 8.46. The summed E-state index contributed by atoms with van der Waals surface area (Å²) in [4.78, 5) is 23.4. The number of aryl methyl sites for hydroxylation is 1. The minimum atomic E-state index is -0.533. The highest BCUT2D eigenvalue weighted by atomic mass is 35.5. The molecule has 5 rings (SSSR count). The zero-order chi connectivity index (χ0) is 24.7. The number of piperazine rings is 1. The van der Waals surface area contributed by atoms with Gasteiger partial charge in [0.2, 0.25) is 5.91 Å². The van der Waals surface area contributed by atoms with Crippen molar-refractivity contribution in [1.29, 1.82) is 0 Å². The van der Waals surface area contributed by atoms with Crippen molar-refractivity contribution in [1.82, 2.24) is 19.2 Å². The van der Waals surface area contributed by atoms with Gasteiger partial charge in [-0.25, -0.2) is 4.98 Å². The Hall–Kier alpha value is -2.61. The second-order valence-electron chi connectivity index (χ2n) is 9.92. The van der Waals surface area contributed by atoms with E-state index in [4.69, 9.17) is 21.3 Å². The minimum Gasteiger partial charge on any atom is -0.497 e. The number of hydrogen-bond acceptors (Lipinski definition) is 5. The second-order valence-corrected chi connectivity index (χ2v) is 11.2. The summed E-state index contributed by atoms with van der Waals surface area (Å²) in [5, 5.41) is 0. The minimum absolute atomic E-state index is 0.134. The maximum absolute atomic E-state index is 12.9. The second kappa shape index (κ2) is 9.45. The number of amides is 1. The van der Waals surface area contributed by atoms with Gasteiger partial charge in [0, 0.05) is 44.2 Å². The maximum atomic E-state index is 12.9. The number of fused-ring (bicyclic) bond motifs is 3. The highest BCUT2D eigenvalue weighted by Crippen LogP contribution is 2.35. The number of alkyl halides is 1. The lowest BCUT2D eigenvalue weighted by molar-refractivity contribution is -0.141. The average Bonchev–Trinajstić information content (AvgIpc) is 3.39. The zero-order valence-corrected chi connectivity index (χ0v) is 22.2. The molecular weight excluding hydrogens is 480 g/mol. The van der Waals surface area contributed by atoms with Crippen LogP contribution in [0.3, 0.4) is 0 Å². The quantitative estimate of drug-likeness (QED) is 0.324. The Morgan fingerprint density at radius 1 is 1.14 bits per heavy atom. The molecule has 1 aliphatic rings. The fourth-order valence-corrected chi connectivity index (χ4v) is 5.94. The fraction of sp³-hybridized carbons (Fsp3) is 0.407. The van der Waals surface area contributed by atoms with Gasteiger partial charge in [-0.3, -0.25) is 14.1 Å². The summed E-state index contributed by atoms with van der Waals surface area (Å²) in [7, 11) is 1.69. The fourth-order valence-electron chi connectivity index (χ4n) is 4.69. The Kier molecular flexibility index (Phi) is 6.51. The van der Waals surface area contributed by atoms with Crippen LogP contribution >= 0.6 is 22.9 Å². The van der Waals surface area contributed by atoms with Crippen LogP contribution in [0.15, 0.2) is 42.5 Å². The third kappa shape index (κ3) is 4.53. The molecule has 35 heavy (non-hydrogen) atoms. The van der Waals surface area contributed by atoms with E-state index in [1.165, 1.54) is 21.5 Å². The Bertz CT molecular complexity index is 1380. The normalized spacial score (nSPS) is 15.3. The largest absolute Gasteiger partial charge is 0.497 e. The molecule has 0 unspecified atom stereocenters. The third-order valence-electron chi connectivity index (χ3n) is 6.79. The van der Waals surface area contributed by atoms with Crippen molar-refractivity contribution >= 4 is 44.0 Å². The monoisotopic (exact) mass is 510 g/mol. The molecule has 3 heterocycles. The average molecular weight is 511 g/mol. The van der Waals surface area contributed by atoms with Crippen molar-refractivity contribution in [3.05, 3.63) is 53.7 Å². The van der Waals surface area contributed by atoms with Crippen LogP contribution in [0.1, 0.15) is 25.1 Å². The Labute approximate surface area is 215 Å². The van der Waals surface area contributed by atoms with E-state index in [9.17, 15) is 4.79 Å².